The summed E-state index contributed by atoms with van der Waals surface area (Å²) < 4.78 is 20.7. The molecule has 0 spiro atoms. The second-order valence-electron chi connectivity index (χ2n) is 6.53. The smallest absolute Gasteiger partial charge is 0.344 e. The third kappa shape index (κ3) is 5.25. The highest BCUT2D eigenvalue weighted by molar-refractivity contribution is 5.93. The van der Waals surface area contributed by atoms with Gasteiger partial charge in [-0.25, -0.2) is 4.79 Å². The number of esters is 1. The van der Waals surface area contributed by atoms with E-state index in [0.717, 1.165) is 5.56 Å². The first kappa shape index (κ1) is 21.3. The summed E-state index contributed by atoms with van der Waals surface area (Å²) >= 11 is 0. The number of carbonyl (C=O) groups is 2. The van der Waals surface area contributed by atoms with Gasteiger partial charge in [0.05, 0.1) is 19.9 Å². The Balaban J connectivity index is 1.82. The van der Waals surface area contributed by atoms with Crippen LogP contribution in [0.1, 0.15) is 47.1 Å². The number of amides is 1. The number of hydrogen-bond acceptors (Lipinski definition) is 7. The van der Waals surface area contributed by atoms with E-state index in [1.807, 2.05) is 32.0 Å². The molecule has 28 heavy (non-hydrogen) atoms. The summed E-state index contributed by atoms with van der Waals surface area (Å²) in [6.45, 7) is 5.46. The molecule has 0 unspecified atom stereocenters. The Labute approximate surface area is 164 Å². The Kier molecular flexibility index (Phi) is 7.43. The van der Waals surface area contributed by atoms with E-state index >= 15 is 0 Å². The Morgan fingerprint density at radius 1 is 1.18 bits per heavy atom. The van der Waals surface area contributed by atoms with Crippen molar-refractivity contribution in [2.45, 2.75) is 33.1 Å². The fraction of sp³-hybridized carbons (Fsp3) is 0.450. The maximum Gasteiger partial charge on any atom is 0.344 e. The van der Waals surface area contributed by atoms with Gasteiger partial charge < -0.3 is 24.1 Å². The first-order valence-corrected chi connectivity index (χ1v) is 8.98. The van der Waals surface area contributed by atoms with Crippen molar-refractivity contribution in [2.24, 2.45) is 0 Å². The lowest BCUT2D eigenvalue weighted by molar-refractivity contribution is -0.124. The summed E-state index contributed by atoms with van der Waals surface area (Å²) in [5, 5.41) is 6.52. The zero-order valence-corrected chi connectivity index (χ0v) is 16.8. The number of rotatable bonds is 9. The zero-order valence-electron chi connectivity index (χ0n) is 16.8. The third-order valence-electron chi connectivity index (χ3n) is 4.14. The monoisotopic (exact) mass is 390 g/mol. The average Bonchev–Trinajstić information content (AvgIpc) is 3.07. The number of methoxy groups -OCH3 is 2. The van der Waals surface area contributed by atoms with Gasteiger partial charge in [0.15, 0.2) is 23.9 Å². The minimum absolute atomic E-state index is 0.0148. The fourth-order valence-corrected chi connectivity index (χ4v) is 2.67. The number of benzene rings is 1. The minimum atomic E-state index is -0.613. The van der Waals surface area contributed by atoms with Gasteiger partial charge in [-0.1, -0.05) is 25.1 Å². The van der Waals surface area contributed by atoms with E-state index in [4.69, 9.17) is 18.7 Å². The number of aryl methyl sites for hydroxylation is 1. The van der Waals surface area contributed by atoms with Crippen LogP contribution in [0.5, 0.6) is 11.5 Å². The summed E-state index contributed by atoms with van der Waals surface area (Å²) in [7, 11) is 3.14. The first-order valence-electron chi connectivity index (χ1n) is 8.98. The lowest BCUT2D eigenvalue weighted by atomic mass is 10.1. The number of nitrogens with one attached hydrogen (secondary N) is 1. The lowest BCUT2D eigenvalue weighted by Gasteiger charge is -2.10. The van der Waals surface area contributed by atoms with E-state index in [-0.39, 0.29) is 24.0 Å². The van der Waals surface area contributed by atoms with Crippen LogP contribution in [0, 0.1) is 6.92 Å². The van der Waals surface area contributed by atoms with Crippen molar-refractivity contribution in [3.05, 3.63) is 40.8 Å². The molecule has 0 fully saturated rings. The molecule has 0 saturated heterocycles. The second-order valence-corrected chi connectivity index (χ2v) is 6.53. The molecule has 2 rings (SSSR count). The molecule has 0 bridgehead atoms. The van der Waals surface area contributed by atoms with Crippen LogP contribution < -0.4 is 14.8 Å². The van der Waals surface area contributed by atoms with Gasteiger partial charge in [-0.3, -0.25) is 4.79 Å². The number of aromatic nitrogens is 1. The van der Waals surface area contributed by atoms with Crippen LogP contribution in [0.2, 0.25) is 0 Å². The van der Waals surface area contributed by atoms with Gasteiger partial charge in [0.1, 0.15) is 5.56 Å². The van der Waals surface area contributed by atoms with Crippen LogP contribution in [-0.4, -0.2) is 44.4 Å². The first-order chi connectivity index (χ1) is 13.4. The SMILES string of the molecule is COc1ccc(CCNC(=O)COC(=O)c2c(C)noc2C(C)C)cc1OC. The summed E-state index contributed by atoms with van der Waals surface area (Å²) in [5.41, 5.74) is 1.72. The maximum absolute atomic E-state index is 12.3. The van der Waals surface area contributed by atoms with Crippen molar-refractivity contribution in [1.29, 1.82) is 0 Å². The van der Waals surface area contributed by atoms with Gasteiger partial charge in [-0.15, -0.1) is 0 Å². The van der Waals surface area contributed by atoms with Crippen molar-refractivity contribution in [3.63, 3.8) is 0 Å². The quantitative estimate of drug-likeness (QED) is 0.657. The lowest BCUT2D eigenvalue weighted by Crippen LogP contribution is -2.30. The standard InChI is InChI=1S/C20H26N2O6/c1-12(2)19-18(13(3)22-28-19)20(24)27-11-17(23)21-9-8-14-6-7-15(25-4)16(10-14)26-5/h6-7,10,12H,8-9,11H2,1-5H3,(H,21,23). The van der Waals surface area contributed by atoms with Crippen LogP contribution in [0.25, 0.3) is 0 Å². The number of carbonyl (C=O) groups excluding carboxylic acids is 2. The number of hydrogen-bond donors (Lipinski definition) is 1. The highest BCUT2D eigenvalue weighted by atomic mass is 16.5. The van der Waals surface area contributed by atoms with E-state index < -0.39 is 5.97 Å². The molecule has 1 aromatic heterocycles. The zero-order chi connectivity index (χ0) is 20.7. The van der Waals surface area contributed by atoms with Gasteiger partial charge >= 0.3 is 5.97 Å². The molecule has 152 valence electrons. The molecule has 1 heterocycles. The van der Waals surface area contributed by atoms with Crippen molar-refractivity contribution in [1.82, 2.24) is 10.5 Å². The van der Waals surface area contributed by atoms with Crippen LogP contribution in [0.15, 0.2) is 22.7 Å². The summed E-state index contributed by atoms with van der Waals surface area (Å²) in [6.07, 6.45) is 0.600. The summed E-state index contributed by atoms with van der Waals surface area (Å²) in [4.78, 5) is 24.2. The molecule has 0 saturated carbocycles. The average molecular weight is 390 g/mol. The van der Waals surface area contributed by atoms with Gasteiger partial charge in [0, 0.05) is 12.5 Å². The van der Waals surface area contributed by atoms with Crippen LogP contribution >= 0.6 is 0 Å². The summed E-state index contributed by atoms with van der Waals surface area (Å²) in [5.74, 6) is 0.722. The normalized spacial score (nSPS) is 10.6. The number of nitrogens with zero attached hydrogens (tertiary/aromatic N) is 1. The molecule has 0 aliphatic rings. The molecule has 0 radical (unpaired) electrons. The van der Waals surface area contributed by atoms with Crippen molar-refractivity contribution >= 4 is 11.9 Å². The van der Waals surface area contributed by atoms with Crippen molar-refractivity contribution in [2.75, 3.05) is 27.4 Å². The molecule has 2 aromatic rings. The Bertz CT molecular complexity index is 828. The number of ether oxygens (including phenoxy) is 3. The van der Waals surface area contributed by atoms with E-state index in [1.165, 1.54) is 0 Å². The highest BCUT2D eigenvalue weighted by Gasteiger charge is 2.24. The molecule has 0 atom stereocenters. The van der Waals surface area contributed by atoms with Crippen LogP contribution in [-0.2, 0) is 16.0 Å². The molecule has 8 nitrogen and oxygen atoms in total. The van der Waals surface area contributed by atoms with E-state index in [1.54, 1.807) is 21.1 Å². The predicted octanol–water partition coefficient (Wildman–Crippen LogP) is 2.64. The third-order valence-corrected chi connectivity index (χ3v) is 4.14. The molecular weight excluding hydrogens is 364 g/mol. The van der Waals surface area contributed by atoms with Crippen LogP contribution in [0.3, 0.4) is 0 Å². The van der Waals surface area contributed by atoms with Gasteiger partial charge in [-0.2, -0.15) is 0 Å². The Morgan fingerprint density at radius 3 is 2.54 bits per heavy atom. The second kappa shape index (κ2) is 9.77. The van der Waals surface area contributed by atoms with Gasteiger partial charge in [0.25, 0.3) is 5.91 Å². The molecular formula is C20H26N2O6. The molecule has 0 aliphatic carbocycles. The molecule has 1 N–H and O–H groups in total. The van der Waals surface area contributed by atoms with E-state index in [0.29, 0.717) is 35.9 Å². The van der Waals surface area contributed by atoms with Gasteiger partial charge in [-0.05, 0) is 31.0 Å². The maximum atomic E-state index is 12.3. The molecule has 1 aromatic carbocycles. The molecule has 0 aliphatic heterocycles. The predicted molar refractivity (Wildman–Crippen MR) is 102 cm³/mol. The van der Waals surface area contributed by atoms with Gasteiger partial charge in [0.2, 0.25) is 0 Å². The van der Waals surface area contributed by atoms with E-state index in [2.05, 4.69) is 10.5 Å². The van der Waals surface area contributed by atoms with Crippen molar-refractivity contribution in [3.8, 4) is 11.5 Å². The largest absolute Gasteiger partial charge is 0.493 e. The van der Waals surface area contributed by atoms with Crippen LogP contribution in [0.4, 0.5) is 0 Å². The fourth-order valence-electron chi connectivity index (χ4n) is 2.67. The molecule has 8 heteroatoms. The Hall–Kier alpha value is -3.03. The topological polar surface area (TPSA) is 99.9 Å². The minimum Gasteiger partial charge on any atom is -0.493 e. The van der Waals surface area contributed by atoms with Crippen molar-refractivity contribution < 1.29 is 28.3 Å². The van der Waals surface area contributed by atoms with E-state index in [9.17, 15) is 9.59 Å². The summed E-state index contributed by atoms with van der Waals surface area (Å²) in [6, 6.07) is 5.56. The molecule has 1 amide bonds. The Morgan fingerprint density at radius 2 is 1.89 bits per heavy atom. The highest BCUT2D eigenvalue weighted by Crippen LogP contribution is 2.27.